The zero-order chi connectivity index (χ0) is 16.9. The summed E-state index contributed by atoms with van der Waals surface area (Å²) in [6.45, 7) is 12.0. The van der Waals surface area contributed by atoms with Gasteiger partial charge in [-0.15, -0.1) is 0 Å². The first-order valence-electron chi connectivity index (χ1n) is 10.2. The van der Waals surface area contributed by atoms with Gasteiger partial charge in [0.05, 0.1) is 0 Å². The van der Waals surface area contributed by atoms with Crippen LogP contribution in [0.4, 0.5) is 0 Å². The lowest BCUT2D eigenvalue weighted by atomic mass is 9.93. The van der Waals surface area contributed by atoms with Crippen LogP contribution in [0.5, 0.6) is 0 Å². The third-order valence-electron chi connectivity index (χ3n) is 6.49. The molecule has 1 atom stereocenters. The molecule has 1 aliphatic carbocycles. The molecular weight excluding hydrogens is 292 g/mol. The van der Waals surface area contributed by atoms with Crippen molar-refractivity contribution in [2.75, 3.05) is 26.2 Å². The Morgan fingerprint density at radius 3 is 2.33 bits per heavy atom. The summed E-state index contributed by atoms with van der Waals surface area (Å²) < 4.78 is 0. The molecule has 1 unspecified atom stereocenters. The Balaban J connectivity index is 1.43. The van der Waals surface area contributed by atoms with Crippen molar-refractivity contribution in [1.29, 1.82) is 0 Å². The molecule has 1 saturated carbocycles. The molecule has 0 radical (unpaired) electrons. The largest absolute Gasteiger partial charge is 0.298 e. The second-order valence-corrected chi connectivity index (χ2v) is 8.17. The van der Waals surface area contributed by atoms with E-state index in [1.54, 1.807) is 0 Å². The molecule has 1 saturated heterocycles. The number of benzene rings is 1. The second kappa shape index (κ2) is 8.49. The average Bonchev–Trinajstić information content (AvgIpc) is 2.63. The highest BCUT2D eigenvalue weighted by Gasteiger charge is 2.26. The number of hydrogen-bond acceptors (Lipinski definition) is 2. The quantitative estimate of drug-likeness (QED) is 0.781. The van der Waals surface area contributed by atoms with Crippen LogP contribution >= 0.6 is 0 Å². The summed E-state index contributed by atoms with van der Waals surface area (Å²) >= 11 is 0. The maximum Gasteiger partial charge on any atom is 0.0113 e. The fourth-order valence-electron chi connectivity index (χ4n) is 4.51. The molecule has 1 aliphatic heterocycles. The van der Waals surface area contributed by atoms with E-state index in [0.717, 1.165) is 6.04 Å². The molecule has 1 heterocycles. The van der Waals surface area contributed by atoms with Crippen molar-refractivity contribution in [3.8, 4) is 0 Å². The lowest BCUT2D eigenvalue weighted by Crippen LogP contribution is -2.53. The van der Waals surface area contributed by atoms with Gasteiger partial charge in [0.15, 0.2) is 0 Å². The summed E-state index contributed by atoms with van der Waals surface area (Å²) in [5.41, 5.74) is 4.35. The first-order valence-corrected chi connectivity index (χ1v) is 10.2. The van der Waals surface area contributed by atoms with Crippen LogP contribution in [0.1, 0.15) is 62.1 Å². The lowest BCUT2D eigenvalue weighted by molar-refractivity contribution is 0.0586. The zero-order valence-corrected chi connectivity index (χ0v) is 16.1. The van der Waals surface area contributed by atoms with Crippen molar-refractivity contribution in [3.05, 3.63) is 34.9 Å². The Morgan fingerprint density at radius 2 is 1.67 bits per heavy atom. The van der Waals surface area contributed by atoms with Crippen molar-refractivity contribution in [1.82, 2.24) is 9.80 Å². The minimum absolute atomic E-state index is 0.708. The maximum atomic E-state index is 2.78. The Bertz CT molecular complexity index is 511. The predicted octanol–water partition coefficient (Wildman–Crippen LogP) is 4.57. The highest BCUT2D eigenvalue weighted by Crippen LogP contribution is 2.24. The van der Waals surface area contributed by atoms with Crippen LogP contribution < -0.4 is 0 Å². The van der Waals surface area contributed by atoms with Gasteiger partial charge in [0.2, 0.25) is 0 Å². The van der Waals surface area contributed by atoms with E-state index in [-0.39, 0.29) is 0 Å². The first kappa shape index (κ1) is 17.9. The van der Waals surface area contributed by atoms with Crippen LogP contribution in [0.3, 0.4) is 0 Å². The van der Waals surface area contributed by atoms with Crippen molar-refractivity contribution in [2.45, 2.75) is 77.8 Å². The standard InChI is InChI=1S/C22H36N2/c1-18-9-11-21(17-19(18)2)12-10-20(3)23-13-15-24(16-14-23)22-7-5-4-6-8-22/h9,11,17,20,22H,4-8,10,12-16H2,1-3H3. The topological polar surface area (TPSA) is 6.48 Å². The number of hydrogen-bond donors (Lipinski definition) is 0. The predicted molar refractivity (Wildman–Crippen MR) is 104 cm³/mol. The zero-order valence-electron chi connectivity index (χ0n) is 16.1. The normalized spacial score (nSPS) is 22.6. The van der Waals surface area contributed by atoms with E-state index in [9.17, 15) is 0 Å². The summed E-state index contributed by atoms with van der Waals surface area (Å²) in [6, 6.07) is 8.57. The molecule has 134 valence electrons. The third kappa shape index (κ3) is 4.61. The Labute approximate surface area is 149 Å². The minimum atomic E-state index is 0.708. The summed E-state index contributed by atoms with van der Waals surface area (Å²) in [5.74, 6) is 0. The van der Waals surface area contributed by atoms with Gasteiger partial charge in [-0.2, -0.15) is 0 Å². The fraction of sp³-hybridized carbons (Fsp3) is 0.727. The molecule has 2 aliphatic rings. The fourth-order valence-corrected chi connectivity index (χ4v) is 4.51. The molecular formula is C22H36N2. The number of aryl methyl sites for hydroxylation is 3. The molecule has 2 nitrogen and oxygen atoms in total. The van der Waals surface area contributed by atoms with Gasteiger partial charge in [-0.05, 0) is 63.1 Å². The van der Waals surface area contributed by atoms with Crippen LogP contribution in [-0.4, -0.2) is 48.1 Å². The van der Waals surface area contributed by atoms with E-state index in [0.29, 0.717) is 6.04 Å². The van der Waals surface area contributed by atoms with Gasteiger partial charge in [0.25, 0.3) is 0 Å². The van der Waals surface area contributed by atoms with E-state index in [1.807, 2.05) is 0 Å². The lowest BCUT2D eigenvalue weighted by Gasteiger charge is -2.42. The molecule has 1 aromatic carbocycles. The van der Waals surface area contributed by atoms with Gasteiger partial charge in [-0.3, -0.25) is 9.80 Å². The molecule has 1 aromatic rings. The van der Waals surface area contributed by atoms with Crippen molar-refractivity contribution >= 4 is 0 Å². The first-order chi connectivity index (χ1) is 11.6. The van der Waals surface area contributed by atoms with E-state index in [1.165, 1.54) is 87.8 Å². The summed E-state index contributed by atoms with van der Waals surface area (Å²) in [4.78, 5) is 5.51. The van der Waals surface area contributed by atoms with Crippen molar-refractivity contribution in [3.63, 3.8) is 0 Å². The van der Waals surface area contributed by atoms with Crippen molar-refractivity contribution < 1.29 is 0 Å². The third-order valence-corrected chi connectivity index (χ3v) is 6.49. The molecule has 24 heavy (non-hydrogen) atoms. The van der Waals surface area contributed by atoms with E-state index >= 15 is 0 Å². The van der Waals surface area contributed by atoms with Gasteiger partial charge in [-0.1, -0.05) is 37.5 Å². The van der Waals surface area contributed by atoms with Gasteiger partial charge < -0.3 is 0 Å². The number of piperazine rings is 1. The maximum absolute atomic E-state index is 2.78. The van der Waals surface area contributed by atoms with Crippen molar-refractivity contribution in [2.24, 2.45) is 0 Å². The van der Waals surface area contributed by atoms with Gasteiger partial charge in [0, 0.05) is 38.3 Å². The molecule has 0 spiro atoms. The molecule has 2 fully saturated rings. The highest BCUT2D eigenvalue weighted by molar-refractivity contribution is 5.29. The molecule has 2 heteroatoms. The van der Waals surface area contributed by atoms with Crippen LogP contribution in [0.25, 0.3) is 0 Å². The molecule has 0 bridgehead atoms. The van der Waals surface area contributed by atoms with Crippen LogP contribution in [-0.2, 0) is 6.42 Å². The number of nitrogens with zero attached hydrogens (tertiary/aromatic N) is 2. The van der Waals surface area contributed by atoms with Crippen LogP contribution in [0.15, 0.2) is 18.2 Å². The highest BCUT2D eigenvalue weighted by atomic mass is 15.3. The van der Waals surface area contributed by atoms with E-state index < -0.39 is 0 Å². The van der Waals surface area contributed by atoms with Crippen LogP contribution in [0, 0.1) is 13.8 Å². The van der Waals surface area contributed by atoms with Gasteiger partial charge in [-0.25, -0.2) is 0 Å². The molecule has 3 rings (SSSR count). The minimum Gasteiger partial charge on any atom is -0.298 e. The van der Waals surface area contributed by atoms with Crippen LogP contribution in [0.2, 0.25) is 0 Å². The molecule has 0 amide bonds. The Hall–Kier alpha value is -0.860. The van der Waals surface area contributed by atoms with Gasteiger partial charge in [0.1, 0.15) is 0 Å². The monoisotopic (exact) mass is 328 g/mol. The Kier molecular flexibility index (Phi) is 6.35. The average molecular weight is 329 g/mol. The number of rotatable bonds is 5. The molecule has 0 N–H and O–H groups in total. The van der Waals surface area contributed by atoms with Gasteiger partial charge >= 0.3 is 0 Å². The van der Waals surface area contributed by atoms with E-state index in [2.05, 4.69) is 48.8 Å². The summed E-state index contributed by atoms with van der Waals surface area (Å²) in [6.07, 6.45) is 9.77. The SMILES string of the molecule is Cc1ccc(CCC(C)N2CCN(C3CCCCC3)CC2)cc1C. The summed E-state index contributed by atoms with van der Waals surface area (Å²) in [5, 5.41) is 0. The van der Waals surface area contributed by atoms with E-state index in [4.69, 9.17) is 0 Å². The summed E-state index contributed by atoms with van der Waals surface area (Å²) in [7, 11) is 0. The smallest absolute Gasteiger partial charge is 0.0113 e. The second-order valence-electron chi connectivity index (χ2n) is 8.17. The Morgan fingerprint density at radius 1 is 0.958 bits per heavy atom. The molecule has 0 aromatic heterocycles.